The van der Waals surface area contributed by atoms with Crippen molar-refractivity contribution in [2.75, 3.05) is 36.4 Å². The maximum Gasteiger partial charge on any atom is 0.416 e. The summed E-state index contributed by atoms with van der Waals surface area (Å²) in [7, 11) is 0. The molecule has 1 atom stereocenters. The van der Waals surface area contributed by atoms with Crippen LogP contribution >= 0.6 is 0 Å². The van der Waals surface area contributed by atoms with E-state index in [4.69, 9.17) is 9.72 Å². The first-order valence-corrected chi connectivity index (χ1v) is 14.6. The van der Waals surface area contributed by atoms with Crippen molar-refractivity contribution in [3.05, 3.63) is 59.8 Å². The summed E-state index contributed by atoms with van der Waals surface area (Å²) in [6, 6.07) is 9.55. The number of hydrogen-bond acceptors (Lipinski definition) is 7. The summed E-state index contributed by atoms with van der Waals surface area (Å²) in [5.41, 5.74) is 3.56. The first-order valence-electron chi connectivity index (χ1n) is 14.6. The normalized spacial score (nSPS) is 23.1. The third-order valence-corrected chi connectivity index (χ3v) is 9.39. The van der Waals surface area contributed by atoms with Crippen LogP contribution in [0.4, 0.5) is 16.6 Å². The number of benzene rings is 1. The van der Waals surface area contributed by atoms with Crippen LogP contribution in [0.3, 0.4) is 0 Å². The first-order chi connectivity index (χ1) is 19.3. The van der Waals surface area contributed by atoms with Gasteiger partial charge in [0.25, 0.3) is 0 Å². The number of nitrogens with one attached hydrogen (secondary N) is 1. The zero-order valence-electron chi connectivity index (χ0n) is 23.4. The molecule has 1 aromatic heterocycles. The van der Waals surface area contributed by atoms with Crippen molar-refractivity contribution in [3.8, 4) is 0 Å². The fourth-order valence-electron chi connectivity index (χ4n) is 6.82. The van der Waals surface area contributed by atoms with Crippen molar-refractivity contribution in [2.24, 2.45) is 11.3 Å². The Morgan fingerprint density at radius 3 is 2.52 bits per heavy atom. The Balaban J connectivity index is 1.05. The van der Waals surface area contributed by atoms with Crippen molar-refractivity contribution in [3.63, 3.8) is 0 Å². The maximum absolute atomic E-state index is 12.4. The quantitative estimate of drug-likeness (QED) is 0.463. The molecule has 40 heavy (non-hydrogen) atoms. The second-order valence-electron chi connectivity index (χ2n) is 12.9. The lowest BCUT2D eigenvalue weighted by Gasteiger charge is -2.62. The smallest absolute Gasteiger partial charge is 0.416 e. The Hall–Kier alpha value is -3.46. The van der Waals surface area contributed by atoms with Gasteiger partial charge in [0.15, 0.2) is 0 Å². The highest BCUT2D eigenvalue weighted by Gasteiger charge is 2.54. The van der Waals surface area contributed by atoms with Gasteiger partial charge in [0.05, 0.1) is 11.1 Å². The van der Waals surface area contributed by atoms with Crippen LogP contribution in [0.15, 0.2) is 43.1 Å². The van der Waals surface area contributed by atoms with Crippen molar-refractivity contribution in [1.82, 2.24) is 19.8 Å². The second-order valence-corrected chi connectivity index (χ2v) is 12.9. The van der Waals surface area contributed by atoms with E-state index in [1.54, 1.807) is 11.1 Å². The van der Waals surface area contributed by atoms with Gasteiger partial charge in [0, 0.05) is 49.9 Å². The standard InChI is InChI=1S/C31H38N6O3/c1-4-26(38)36-18-30(19-36)16-35(17-30)25(13-21-5-6-21)22-7-9-24(10-8-22)31(11-12-31)34-28-32-14-23-15-40-29(39)37(20(2)3)27(23)33-28/h4,7-10,14,20-21,25H,1,5-6,11-13,15-19H2,2-3H3,(H,32,33,34). The predicted molar refractivity (Wildman–Crippen MR) is 152 cm³/mol. The predicted octanol–water partition coefficient (Wildman–Crippen LogP) is 4.61. The van der Waals surface area contributed by atoms with Gasteiger partial charge in [-0.1, -0.05) is 43.7 Å². The van der Waals surface area contributed by atoms with Gasteiger partial charge >= 0.3 is 6.09 Å². The Bertz CT molecular complexity index is 1340. The molecule has 7 rings (SSSR count). The molecule has 0 radical (unpaired) electrons. The zero-order valence-corrected chi connectivity index (χ0v) is 23.4. The fraction of sp³-hybridized carbons (Fsp3) is 0.548. The summed E-state index contributed by atoms with van der Waals surface area (Å²) in [6.45, 7) is 11.6. The summed E-state index contributed by atoms with van der Waals surface area (Å²) in [4.78, 5) is 39.7. The molecule has 9 heteroatoms. The van der Waals surface area contributed by atoms with Gasteiger partial charge in [-0.15, -0.1) is 0 Å². The Labute approximate surface area is 235 Å². The van der Waals surface area contributed by atoms with Crippen molar-refractivity contribution < 1.29 is 14.3 Å². The summed E-state index contributed by atoms with van der Waals surface area (Å²) in [6.07, 6.45) is 8.76. The highest BCUT2D eigenvalue weighted by molar-refractivity contribution is 5.89. The Morgan fingerprint density at radius 1 is 1.18 bits per heavy atom. The molecular weight excluding hydrogens is 504 g/mol. The number of hydrogen-bond donors (Lipinski definition) is 1. The Kier molecular flexibility index (Phi) is 5.93. The van der Waals surface area contributed by atoms with E-state index in [1.165, 1.54) is 36.5 Å². The van der Waals surface area contributed by atoms with Crippen LogP contribution in [-0.4, -0.2) is 64.0 Å². The Morgan fingerprint density at radius 2 is 1.90 bits per heavy atom. The molecule has 5 aliphatic rings. The number of anilines is 2. The van der Waals surface area contributed by atoms with Crippen molar-refractivity contribution in [2.45, 2.75) is 70.2 Å². The molecule has 1 spiro atoms. The molecule has 2 aliphatic carbocycles. The van der Waals surface area contributed by atoms with E-state index in [1.807, 2.05) is 18.7 Å². The van der Waals surface area contributed by atoms with Crippen LogP contribution in [0.5, 0.6) is 0 Å². The molecule has 0 bridgehead atoms. The zero-order chi connectivity index (χ0) is 27.6. The third kappa shape index (κ3) is 4.44. The van der Waals surface area contributed by atoms with Crippen LogP contribution in [0.2, 0.25) is 0 Å². The van der Waals surface area contributed by atoms with Crippen molar-refractivity contribution >= 4 is 23.8 Å². The molecule has 2 saturated carbocycles. The molecule has 2 aromatic rings. The van der Waals surface area contributed by atoms with Gasteiger partial charge < -0.3 is 15.0 Å². The summed E-state index contributed by atoms with van der Waals surface area (Å²) in [5.74, 6) is 2.07. The van der Waals surface area contributed by atoms with Crippen LogP contribution in [0.25, 0.3) is 0 Å². The number of amides is 2. The van der Waals surface area contributed by atoms with Gasteiger partial charge in [-0.05, 0) is 56.2 Å². The van der Waals surface area contributed by atoms with Crippen LogP contribution < -0.4 is 10.2 Å². The van der Waals surface area contributed by atoms with Gasteiger partial charge in [-0.2, -0.15) is 4.98 Å². The average molecular weight is 543 g/mol. The lowest BCUT2D eigenvalue weighted by molar-refractivity contribution is -0.159. The molecule has 4 heterocycles. The molecular formula is C31H38N6O3. The van der Waals surface area contributed by atoms with Gasteiger partial charge in [0.2, 0.25) is 11.9 Å². The van der Waals surface area contributed by atoms with Gasteiger partial charge in [-0.25, -0.2) is 9.78 Å². The lowest BCUT2D eigenvalue weighted by atomic mass is 9.71. The molecule has 4 fully saturated rings. The van der Waals surface area contributed by atoms with E-state index < -0.39 is 0 Å². The number of rotatable bonds is 9. The number of carbonyl (C=O) groups excluding carboxylic acids is 2. The topological polar surface area (TPSA) is 90.9 Å². The molecule has 1 N–H and O–H groups in total. The highest BCUT2D eigenvalue weighted by Crippen LogP contribution is 2.50. The fourth-order valence-corrected chi connectivity index (χ4v) is 6.82. The van der Waals surface area contributed by atoms with E-state index >= 15 is 0 Å². The minimum Gasteiger partial charge on any atom is -0.444 e. The number of cyclic esters (lactones) is 1. The second kappa shape index (κ2) is 9.29. The van der Waals surface area contributed by atoms with E-state index in [0.29, 0.717) is 17.8 Å². The third-order valence-electron chi connectivity index (χ3n) is 9.39. The number of aromatic nitrogens is 2. The van der Waals surface area contributed by atoms with E-state index in [-0.39, 0.29) is 35.6 Å². The molecule has 1 aromatic carbocycles. The van der Waals surface area contributed by atoms with Crippen LogP contribution in [-0.2, 0) is 21.7 Å². The summed E-state index contributed by atoms with van der Waals surface area (Å²) < 4.78 is 5.29. The SMILES string of the molecule is C=CC(=O)N1CC2(C1)CN(C(CC1CC1)c1ccc(C3(Nc4ncc5c(n4)N(C(C)C)C(=O)OC5)CC3)cc1)C2. The number of nitrogens with zero attached hydrogens (tertiary/aromatic N) is 5. The van der Waals surface area contributed by atoms with Gasteiger partial charge in [0.1, 0.15) is 12.4 Å². The summed E-state index contributed by atoms with van der Waals surface area (Å²) in [5, 5.41) is 3.60. The number of ether oxygens (including phenoxy) is 1. The summed E-state index contributed by atoms with van der Waals surface area (Å²) >= 11 is 0. The molecule has 9 nitrogen and oxygen atoms in total. The number of carbonyl (C=O) groups is 2. The lowest BCUT2D eigenvalue weighted by Crippen LogP contribution is -2.73. The largest absolute Gasteiger partial charge is 0.444 e. The van der Waals surface area contributed by atoms with Crippen molar-refractivity contribution in [1.29, 1.82) is 0 Å². The minimum atomic E-state index is -0.363. The molecule has 210 valence electrons. The minimum absolute atomic E-state index is 0.0531. The average Bonchev–Trinajstić information content (AvgIpc) is 3.83. The molecule has 2 amide bonds. The van der Waals surface area contributed by atoms with Gasteiger partial charge in [-0.3, -0.25) is 14.6 Å². The number of fused-ring (bicyclic) bond motifs is 1. The van der Waals surface area contributed by atoms with E-state index in [9.17, 15) is 9.59 Å². The van der Waals surface area contributed by atoms with E-state index in [2.05, 4.69) is 46.0 Å². The highest BCUT2D eigenvalue weighted by atomic mass is 16.6. The van der Waals surface area contributed by atoms with E-state index in [0.717, 1.165) is 50.5 Å². The molecule has 1 unspecified atom stereocenters. The van der Waals surface area contributed by atoms with Crippen LogP contribution in [0.1, 0.15) is 68.7 Å². The first kappa shape index (κ1) is 25.5. The molecule has 2 saturated heterocycles. The maximum atomic E-state index is 12.4. The number of likely N-dealkylation sites (tertiary alicyclic amines) is 2. The monoisotopic (exact) mass is 542 g/mol. The van der Waals surface area contributed by atoms with Crippen LogP contribution in [0, 0.1) is 11.3 Å². The molecule has 3 aliphatic heterocycles.